The molecule has 2 atom stereocenters. The molecule has 6 aromatic rings. The molecular weight excluding hydrogens is 579 g/mol. The van der Waals surface area contributed by atoms with E-state index >= 15 is 0 Å². The van der Waals surface area contributed by atoms with Crippen molar-refractivity contribution < 1.29 is 13.6 Å². The summed E-state index contributed by atoms with van der Waals surface area (Å²) < 4.78 is 11.3. The molecule has 46 heavy (non-hydrogen) atoms. The second kappa shape index (κ2) is 10.9. The summed E-state index contributed by atoms with van der Waals surface area (Å²) >= 11 is 0. The first kappa shape index (κ1) is 29.1. The minimum Gasteiger partial charge on any atom is -0.438 e. The molecule has 0 saturated heterocycles. The van der Waals surface area contributed by atoms with Gasteiger partial charge >= 0.3 is 0 Å². The lowest BCUT2D eigenvalue weighted by Crippen LogP contribution is -2.54. The van der Waals surface area contributed by atoms with Crippen molar-refractivity contribution in [3.63, 3.8) is 0 Å². The SMILES string of the molecule is C=C1CC2C(CCc3ccc4oc5ncccc5c4c3-c3cccc[n+]31)c1ccccc1-c1cc(CC(C)C)c([Si](C)(C)C)c[n+]12. The normalized spacial score (nSPS) is 17.7. The van der Waals surface area contributed by atoms with Crippen LogP contribution < -0.4 is 14.3 Å². The largest absolute Gasteiger partial charge is 0.438 e. The monoisotopic (exact) mass is 621 g/mol. The van der Waals surface area contributed by atoms with E-state index in [1.807, 2.05) is 12.3 Å². The molecule has 0 saturated carbocycles. The lowest BCUT2D eigenvalue weighted by atomic mass is 9.77. The van der Waals surface area contributed by atoms with E-state index in [0.29, 0.717) is 17.5 Å². The van der Waals surface area contributed by atoms with Gasteiger partial charge < -0.3 is 4.42 Å². The van der Waals surface area contributed by atoms with E-state index in [4.69, 9.17) is 11.0 Å². The highest BCUT2D eigenvalue weighted by molar-refractivity contribution is 6.89. The van der Waals surface area contributed by atoms with E-state index in [-0.39, 0.29) is 6.04 Å². The topological polar surface area (TPSA) is 33.8 Å². The highest BCUT2D eigenvalue weighted by atomic mass is 28.3. The molecule has 6 heterocycles. The zero-order valence-corrected chi connectivity index (χ0v) is 28.7. The van der Waals surface area contributed by atoms with Crippen LogP contribution in [0.15, 0.2) is 102 Å². The molecule has 4 nitrogen and oxygen atoms in total. The Morgan fingerprint density at radius 2 is 1.80 bits per heavy atom. The van der Waals surface area contributed by atoms with Crippen molar-refractivity contribution in [1.82, 2.24) is 4.98 Å². The average molecular weight is 622 g/mol. The summed E-state index contributed by atoms with van der Waals surface area (Å²) in [5.74, 6) is 0.966. The average Bonchev–Trinajstić information content (AvgIpc) is 3.42. The number of rotatable bonds is 3. The third-order valence-electron chi connectivity index (χ3n) is 10.2. The van der Waals surface area contributed by atoms with E-state index in [2.05, 4.69) is 127 Å². The second-order valence-electron chi connectivity index (χ2n) is 14.8. The predicted octanol–water partition coefficient (Wildman–Crippen LogP) is 8.78. The summed E-state index contributed by atoms with van der Waals surface area (Å²) in [6.45, 7) is 17.0. The van der Waals surface area contributed by atoms with Crippen LogP contribution in [0.4, 0.5) is 0 Å². The quantitative estimate of drug-likeness (QED) is 0.146. The van der Waals surface area contributed by atoms with Crippen LogP contribution in [0.3, 0.4) is 0 Å². The fraction of sp³-hybridized carbons (Fsp3) is 0.293. The van der Waals surface area contributed by atoms with Crippen LogP contribution in [0.1, 0.15) is 55.3 Å². The summed E-state index contributed by atoms with van der Waals surface area (Å²) in [6.07, 6.45) is 10.6. The number of allylic oxidation sites excluding steroid dienone is 1. The van der Waals surface area contributed by atoms with Crippen LogP contribution in [0.2, 0.25) is 19.6 Å². The van der Waals surface area contributed by atoms with Crippen molar-refractivity contribution in [3.8, 4) is 22.5 Å². The molecule has 8 rings (SSSR count). The predicted molar refractivity (Wildman–Crippen MR) is 191 cm³/mol. The molecular formula is C41H43N3OSi+2. The second-order valence-corrected chi connectivity index (χ2v) is 19.8. The zero-order valence-electron chi connectivity index (χ0n) is 27.7. The number of nitrogens with zero attached hydrogens (tertiary/aromatic N) is 3. The molecule has 2 aromatic carbocycles. The summed E-state index contributed by atoms with van der Waals surface area (Å²) in [6, 6.07) is 27.1. The first-order valence-electron chi connectivity index (χ1n) is 16.8. The van der Waals surface area contributed by atoms with Crippen LogP contribution in [-0.4, -0.2) is 13.1 Å². The van der Waals surface area contributed by atoms with E-state index in [1.165, 1.54) is 33.5 Å². The minimum absolute atomic E-state index is 0.269. The standard InChI is InChI=1S/C41H43N3OSi/c1-26(2)22-29-24-36-31-13-8-7-12-30(31)32-18-16-28-17-19-37-40(33-14-11-20-42-41(33)45-37)39(28)34-15-9-10-21-43(34)27(3)23-35(32)44(36)25-38(29)46(4,5)6/h7-15,17,19-21,24-26,32,35H,3,16,18,22-23H2,1-2,4-6H3/q+2. The van der Waals surface area contributed by atoms with Crippen molar-refractivity contribution in [3.05, 3.63) is 115 Å². The Hall–Kier alpha value is -4.35. The van der Waals surface area contributed by atoms with Gasteiger partial charge in [-0.1, -0.05) is 57.8 Å². The van der Waals surface area contributed by atoms with Crippen LogP contribution in [0, 0.1) is 5.92 Å². The zero-order chi connectivity index (χ0) is 31.7. The van der Waals surface area contributed by atoms with Crippen molar-refractivity contribution >= 4 is 41.0 Å². The number of pyridine rings is 3. The van der Waals surface area contributed by atoms with Gasteiger partial charge in [-0.25, -0.2) is 4.98 Å². The van der Waals surface area contributed by atoms with Crippen molar-refractivity contribution in [2.45, 2.75) is 71.1 Å². The van der Waals surface area contributed by atoms with Crippen molar-refractivity contribution in [2.24, 2.45) is 5.92 Å². The van der Waals surface area contributed by atoms with Gasteiger partial charge in [0.25, 0.3) is 0 Å². The lowest BCUT2D eigenvalue weighted by molar-refractivity contribution is -0.719. The molecule has 0 amide bonds. The Morgan fingerprint density at radius 3 is 2.63 bits per heavy atom. The lowest BCUT2D eigenvalue weighted by Gasteiger charge is -2.33. The Bertz CT molecular complexity index is 2170. The first-order valence-corrected chi connectivity index (χ1v) is 20.3. The van der Waals surface area contributed by atoms with Gasteiger partial charge in [-0.3, -0.25) is 0 Å². The molecule has 5 heteroatoms. The molecule has 2 unspecified atom stereocenters. The molecule has 2 aliphatic rings. The maximum atomic E-state index is 6.29. The minimum atomic E-state index is -1.62. The van der Waals surface area contributed by atoms with Crippen LogP contribution in [0.5, 0.6) is 0 Å². The molecule has 0 radical (unpaired) electrons. The first-order chi connectivity index (χ1) is 22.2. The van der Waals surface area contributed by atoms with Gasteiger partial charge in [-0.05, 0) is 78.8 Å². The summed E-state index contributed by atoms with van der Waals surface area (Å²) in [7, 11) is -1.62. The molecule has 4 aromatic heterocycles. The fourth-order valence-corrected chi connectivity index (χ4v) is 9.91. The Labute approximate surface area is 273 Å². The molecule has 0 aliphatic carbocycles. The molecule has 0 bridgehead atoms. The highest BCUT2D eigenvalue weighted by Gasteiger charge is 2.44. The molecule has 0 fully saturated rings. The summed E-state index contributed by atoms with van der Waals surface area (Å²) in [5.41, 5.74) is 12.2. The number of aryl methyl sites for hydroxylation is 1. The Balaban J connectivity index is 1.37. The van der Waals surface area contributed by atoms with Crippen LogP contribution >= 0.6 is 0 Å². The Kier molecular flexibility index (Phi) is 6.87. The molecule has 0 spiro atoms. The molecule has 2 aliphatic heterocycles. The number of benzene rings is 2. The van der Waals surface area contributed by atoms with Crippen molar-refractivity contribution in [2.75, 3.05) is 0 Å². The maximum absolute atomic E-state index is 6.29. The van der Waals surface area contributed by atoms with Gasteiger partial charge in [0.1, 0.15) is 5.58 Å². The van der Waals surface area contributed by atoms with Gasteiger partial charge in [0.2, 0.25) is 17.1 Å². The third-order valence-corrected chi connectivity index (χ3v) is 12.3. The smallest absolute Gasteiger partial charge is 0.227 e. The number of hydrogen-bond acceptors (Lipinski definition) is 2. The van der Waals surface area contributed by atoms with E-state index < -0.39 is 8.07 Å². The molecule has 230 valence electrons. The highest BCUT2D eigenvalue weighted by Crippen LogP contribution is 2.45. The third kappa shape index (κ3) is 4.67. The Morgan fingerprint density at radius 1 is 0.978 bits per heavy atom. The van der Waals surface area contributed by atoms with E-state index in [1.54, 1.807) is 5.19 Å². The van der Waals surface area contributed by atoms with Crippen LogP contribution in [0.25, 0.3) is 50.3 Å². The number of aromatic nitrogens is 3. The van der Waals surface area contributed by atoms with E-state index in [0.717, 1.165) is 53.4 Å². The van der Waals surface area contributed by atoms with Gasteiger partial charge in [0, 0.05) is 51.8 Å². The number of hydrogen-bond donors (Lipinski definition) is 0. The number of furan rings is 1. The fourth-order valence-electron chi connectivity index (χ4n) is 8.25. The maximum Gasteiger partial charge on any atom is 0.227 e. The van der Waals surface area contributed by atoms with Crippen LogP contribution in [-0.2, 0) is 12.8 Å². The number of fused-ring (bicyclic) bond motifs is 13. The van der Waals surface area contributed by atoms with Crippen molar-refractivity contribution in [1.29, 1.82) is 0 Å². The van der Waals surface area contributed by atoms with Gasteiger partial charge in [-0.2, -0.15) is 9.13 Å². The van der Waals surface area contributed by atoms with Gasteiger partial charge in [0.05, 0.1) is 20.1 Å². The molecule has 0 N–H and O–H groups in total. The van der Waals surface area contributed by atoms with Gasteiger partial charge in [0.15, 0.2) is 24.1 Å². The summed E-state index contributed by atoms with van der Waals surface area (Å²) in [5, 5.41) is 3.80. The van der Waals surface area contributed by atoms with Gasteiger partial charge in [-0.15, -0.1) is 0 Å². The summed E-state index contributed by atoms with van der Waals surface area (Å²) in [4.78, 5) is 4.57. The van der Waals surface area contributed by atoms with E-state index in [9.17, 15) is 0 Å².